The highest BCUT2D eigenvalue weighted by Crippen LogP contribution is 2.59. The van der Waals surface area contributed by atoms with E-state index in [1.165, 1.54) is 44.1 Å². The van der Waals surface area contributed by atoms with E-state index in [2.05, 4.69) is 61.6 Å². The van der Waals surface area contributed by atoms with Gasteiger partial charge in [-0.2, -0.15) is 0 Å². The Morgan fingerprint density at radius 1 is 1.21 bits per heavy atom. The molecule has 29 heavy (non-hydrogen) atoms. The summed E-state index contributed by atoms with van der Waals surface area (Å²) in [4.78, 5) is 11.1. The summed E-state index contributed by atoms with van der Waals surface area (Å²) in [6.45, 7) is 21.3. The van der Waals surface area contributed by atoms with Gasteiger partial charge < -0.3 is 4.43 Å². The molecule has 0 N–H and O–H groups in total. The van der Waals surface area contributed by atoms with Gasteiger partial charge in [0.05, 0.1) is 5.60 Å². The van der Waals surface area contributed by atoms with Crippen LogP contribution in [0.25, 0.3) is 0 Å². The van der Waals surface area contributed by atoms with Crippen LogP contribution in [-0.4, -0.2) is 20.2 Å². The van der Waals surface area contributed by atoms with E-state index in [1.807, 2.05) is 6.08 Å². The molecule has 2 fully saturated rings. The summed E-state index contributed by atoms with van der Waals surface area (Å²) in [5.41, 5.74) is 1.81. The number of aldehydes is 1. The Morgan fingerprint density at radius 2 is 1.86 bits per heavy atom. The summed E-state index contributed by atoms with van der Waals surface area (Å²) < 4.78 is 6.74. The average Bonchev–Trinajstić information content (AvgIpc) is 2.91. The zero-order chi connectivity index (χ0) is 22.1. The molecule has 0 aromatic rings. The quantitative estimate of drug-likeness (QED) is 0.226. The third-order valence-electron chi connectivity index (χ3n) is 8.78. The van der Waals surface area contributed by atoms with Gasteiger partial charge >= 0.3 is 0 Å². The van der Waals surface area contributed by atoms with E-state index in [4.69, 9.17) is 4.43 Å². The number of hydrogen-bond donors (Lipinski definition) is 0. The van der Waals surface area contributed by atoms with Gasteiger partial charge in [-0.05, 0) is 99.7 Å². The Labute approximate surface area is 182 Å². The molecule has 0 unspecified atom stereocenters. The highest BCUT2D eigenvalue weighted by molar-refractivity contribution is 6.74. The van der Waals surface area contributed by atoms with Gasteiger partial charge in [0.1, 0.15) is 6.29 Å². The number of hydrogen-bond acceptors (Lipinski definition) is 2. The largest absolute Gasteiger partial charge is 0.412 e. The van der Waals surface area contributed by atoms with Gasteiger partial charge in [-0.25, -0.2) is 0 Å². The molecule has 3 heteroatoms. The van der Waals surface area contributed by atoms with E-state index in [0.717, 1.165) is 31.0 Å². The summed E-state index contributed by atoms with van der Waals surface area (Å²) in [5, 5.41) is 0.263. The molecule has 0 radical (unpaired) electrons. The fourth-order valence-electron chi connectivity index (χ4n) is 6.25. The van der Waals surface area contributed by atoms with Gasteiger partial charge in [-0.3, -0.25) is 4.79 Å². The topological polar surface area (TPSA) is 26.3 Å². The van der Waals surface area contributed by atoms with Crippen molar-refractivity contribution in [2.24, 2.45) is 23.2 Å². The zero-order valence-corrected chi connectivity index (χ0v) is 21.9. The zero-order valence-electron chi connectivity index (χ0n) is 20.9. The minimum absolute atomic E-state index is 0.0322. The Balaban J connectivity index is 1.93. The molecule has 2 aliphatic carbocycles. The van der Waals surface area contributed by atoms with Crippen LogP contribution in [0.2, 0.25) is 18.1 Å². The summed E-state index contributed by atoms with van der Waals surface area (Å²) in [5.74, 6) is 2.20. The monoisotopic (exact) mass is 420 g/mol. The first kappa shape index (κ1) is 24.9. The maximum Gasteiger partial charge on any atom is 0.192 e. The molecule has 0 amide bonds. The molecule has 0 aromatic heterocycles. The Hall–Kier alpha value is -0.413. The van der Waals surface area contributed by atoms with Crippen molar-refractivity contribution in [3.63, 3.8) is 0 Å². The number of fused-ring (bicyclic) bond motifs is 1. The van der Waals surface area contributed by atoms with Gasteiger partial charge in [0.25, 0.3) is 0 Å². The third kappa shape index (κ3) is 5.64. The summed E-state index contributed by atoms with van der Waals surface area (Å²) >= 11 is 0. The van der Waals surface area contributed by atoms with Crippen LogP contribution in [-0.2, 0) is 9.22 Å². The molecule has 2 saturated carbocycles. The number of carbonyl (C=O) groups is 1. The van der Waals surface area contributed by atoms with Crippen LogP contribution in [0.1, 0.15) is 99.8 Å². The molecule has 0 aromatic carbocycles. The minimum Gasteiger partial charge on any atom is -0.412 e. The van der Waals surface area contributed by atoms with Crippen molar-refractivity contribution in [3.8, 4) is 0 Å². The van der Waals surface area contributed by atoms with Gasteiger partial charge in [-0.1, -0.05) is 53.0 Å². The summed E-state index contributed by atoms with van der Waals surface area (Å²) in [7, 11) is -1.73. The molecular weight excluding hydrogens is 372 g/mol. The lowest BCUT2D eigenvalue weighted by Gasteiger charge is -2.45. The SMILES string of the molecule is C[C@@H](CCCC(C)(C)O[Si](C)(C)C(C)(C)C)[C@H]1CC[C@H]2/C(=C/C=O)CCC[C@]12C. The second-order valence-electron chi connectivity index (χ2n) is 12.5. The molecule has 2 rings (SSSR count). The maximum absolute atomic E-state index is 11.1. The van der Waals surface area contributed by atoms with Gasteiger partial charge in [0, 0.05) is 0 Å². The van der Waals surface area contributed by atoms with Crippen LogP contribution in [0.4, 0.5) is 0 Å². The Bertz CT molecular complexity index is 598. The molecule has 0 saturated heterocycles. The number of carbonyl (C=O) groups excluding carboxylic acids is 1. The fourth-order valence-corrected chi connectivity index (χ4v) is 8.04. The average molecular weight is 421 g/mol. The standard InChI is InChI=1S/C26H48O2Si/c1-20(12-10-17-25(5,6)28-29(8,9)24(2,3)4)22-14-15-23-21(16-19-27)13-11-18-26(22,23)7/h16,19-20,22-23H,10-15,17-18H2,1-9H3/b21-16+/t20-,22+,23-,26+/m0/s1. The lowest BCUT2D eigenvalue weighted by atomic mass is 9.60. The molecule has 4 atom stereocenters. The van der Waals surface area contributed by atoms with Gasteiger partial charge in [0.2, 0.25) is 0 Å². The van der Waals surface area contributed by atoms with Crippen LogP contribution in [0.3, 0.4) is 0 Å². The summed E-state index contributed by atoms with van der Waals surface area (Å²) in [6, 6.07) is 0. The van der Waals surface area contributed by atoms with E-state index >= 15 is 0 Å². The van der Waals surface area contributed by atoms with E-state index in [1.54, 1.807) is 0 Å². The van der Waals surface area contributed by atoms with Crippen LogP contribution >= 0.6 is 0 Å². The van der Waals surface area contributed by atoms with Crippen molar-refractivity contribution in [3.05, 3.63) is 11.6 Å². The third-order valence-corrected chi connectivity index (χ3v) is 13.5. The van der Waals surface area contributed by atoms with Gasteiger partial charge in [0.15, 0.2) is 8.32 Å². The van der Waals surface area contributed by atoms with Crippen LogP contribution < -0.4 is 0 Å². The molecule has 0 aliphatic heterocycles. The lowest BCUT2D eigenvalue weighted by molar-refractivity contribution is -0.104. The van der Waals surface area contributed by atoms with Crippen LogP contribution in [0, 0.1) is 23.2 Å². The van der Waals surface area contributed by atoms with E-state index in [9.17, 15) is 4.79 Å². The van der Waals surface area contributed by atoms with Gasteiger partial charge in [-0.15, -0.1) is 0 Å². The smallest absolute Gasteiger partial charge is 0.192 e. The van der Waals surface area contributed by atoms with Crippen LogP contribution in [0.15, 0.2) is 11.6 Å². The minimum atomic E-state index is -1.73. The van der Waals surface area contributed by atoms with Crippen molar-refractivity contribution in [1.82, 2.24) is 0 Å². The van der Waals surface area contributed by atoms with Crippen molar-refractivity contribution in [1.29, 1.82) is 0 Å². The molecule has 0 spiro atoms. The second kappa shape index (κ2) is 8.98. The fraction of sp³-hybridized carbons (Fsp3) is 0.885. The first-order valence-electron chi connectivity index (χ1n) is 12.1. The predicted octanol–water partition coefficient (Wildman–Crippen LogP) is 7.93. The molecular formula is C26H48O2Si. The molecule has 2 aliphatic rings. The van der Waals surface area contributed by atoms with E-state index in [-0.39, 0.29) is 10.6 Å². The molecule has 168 valence electrons. The van der Waals surface area contributed by atoms with Crippen molar-refractivity contribution in [2.45, 2.75) is 124 Å². The summed E-state index contributed by atoms with van der Waals surface area (Å²) in [6.07, 6.45) is 12.9. The van der Waals surface area contributed by atoms with E-state index < -0.39 is 8.32 Å². The highest BCUT2D eigenvalue weighted by atomic mass is 28.4. The van der Waals surface area contributed by atoms with Crippen molar-refractivity contribution in [2.75, 3.05) is 0 Å². The van der Waals surface area contributed by atoms with E-state index in [0.29, 0.717) is 11.3 Å². The first-order chi connectivity index (χ1) is 13.2. The lowest BCUT2D eigenvalue weighted by Crippen LogP contribution is -2.47. The second-order valence-corrected chi connectivity index (χ2v) is 17.2. The highest BCUT2D eigenvalue weighted by Gasteiger charge is 2.50. The first-order valence-corrected chi connectivity index (χ1v) is 15.0. The normalized spacial score (nSPS) is 31.0. The molecule has 0 heterocycles. The van der Waals surface area contributed by atoms with Crippen LogP contribution in [0.5, 0.6) is 0 Å². The Morgan fingerprint density at radius 3 is 2.45 bits per heavy atom. The molecule has 2 nitrogen and oxygen atoms in total. The maximum atomic E-state index is 11.1. The predicted molar refractivity (Wildman–Crippen MR) is 128 cm³/mol. The molecule has 0 bridgehead atoms. The van der Waals surface area contributed by atoms with Crippen molar-refractivity contribution >= 4 is 14.6 Å². The van der Waals surface area contributed by atoms with Crippen molar-refractivity contribution < 1.29 is 9.22 Å². The number of rotatable bonds is 8. The number of allylic oxidation sites excluding steroid dienone is 2. The Kier molecular flexibility index (Phi) is 7.70.